The predicted octanol–water partition coefficient (Wildman–Crippen LogP) is 2.11. The smallest absolute Gasteiger partial charge is 0.0872 e. The number of nitrogens with zero attached hydrogens (tertiary/aromatic N) is 1. The summed E-state index contributed by atoms with van der Waals surface area (Å²) in [6.07, 6.45) is 4.03. The normalized spacial score (nSPS) is 35.4. The molecule has 2 fully saturated rings. The number of fused-ring (bicyclic) bond motifs is 1. The third kappa shape index (κ3) is 1.59. The number of rotatable bonds is 3. The molecule has 0 N–H and O–H groups in total. The molecule has 3 heteroatoms. The summed E-state index contributed by atoms with van der Waals surface area (Å²) in [5.74, 6) is 0. The van der Waals surface area contributed by atoms with Gasteiger partial charge in [-0.25, -0.2) is 4.39 Å². The number of hydrogen-bond acceptors (Lipinski definition) is 2. The van der Waals surface area contributed by atoms with Crippen molar-refractivity contribution in [2.75, 3.05) is 26.3 Å². The molecule has 2 heterocycles. The second-order valence-electron chi connectivity index (χ2n) is 4.33. The first kappa shape index (κ1) is 10.1. The quantitative estimate of drug-likeness (QED) is 0.690. The molecular formula is C11H18FNO. The Kier molecular flexibility index (Phi) is 2.88. The van der Waals surface area contributed by atoms with Crippen LogP contribution in [-0.4, -0.2) is 36.7 Å². The molecule has 80 valence electrons. The Bertz CT molecular complexity index is 241. The van der Waals surface area contributed by atoms with Crippen LogP contribution < -0.4 is 0 Å². The van der Waals surface area contributed by atoms with Gasteiger partial charge in [0.05, 0.1) is 12.9 Å². The first-order valence-corrected chi connectivity index (χ1v) is 5.42. The fourth-order valence-corrected chi connectivity index (χ4v) is 2.74. The molecule has 0 aromatic rings. The van der Waals surface area contributed by atoms with Gasteiger partial charge in [0.1, 0.15) is 0 Å². The van der Waals surface area contributed by atoms with E-state index in [4.69, 9.17) is 4.74 Å². The highest BCUT2D eigenvalue weighted by atomic mass is 19.1. The minimum Gasteiger partial charge on any atom is -0.380 e. The maximum Gasteiger partial charge on any atom is 0.0872 e. The first-order valence-electron chi connectivity index (χ1n) is 5.42. The highest BCUT2D eigenvalue weighted by molar-refractivity contribution is 5.19. The molecule has 0 saturated carbocycles. The third-order valence-electron chi connectivity index (χ3n) is 3.42. The van der Waals surface area contributed by atoms with E-state index < -0.39 is 0 Å². The van der Waals surface area contributed by atoms with Crippen molar-refractivity contribution in [1.29, 1.82) is 0 Å². The minimum atomic E-state index is 0.133. The average molecular weight is 199 g/mol. The maximum absolute atomic E-state index is 12.5. The number of halogens is 1. The van der Waals surface area contributed by atoms with Crippen molar-refractivity contribution in [2.45, 2.75) is 31.7 Å². The monoisotopic (exact) mass is 199 g/mol. The topological polar surface area (TPSA) is 12.5 Å². The van der Waals surface area contributed by atoms with Crippen LogP contribution in [0.3, 0.4) is 0 Å². The van der Waals surface area contributed by atoms with Crippen molar-refractivity contribution < 1.29 is 9.13 Å². The SMILES string of the molecule is CCOC[C@]12CCCN1C/C(=C/F)C2. The predicted molar refractivity (Wildman–Crippen MR) is 53.8 cm³/mol. The van der Waals surface area contributed by atoms with Gasteiger partial charge in [-0.1, -0.05) is 0 Å². The van der Waals surface area contributed by atoms with E-state index in [9.17, 15) is 4.39 Å². The second kappa shape index (κ2) is 3.99. The van der Waals surface area contributed by atoms with E-state index in [-0.39, 0.29) is 5.54 Å². The molecule has 2 saturated heterocycles. The summed E-state index contributed by atoms with van der Waals surface area (Å²) in [5, 5.41) is 0. The zero-order valence-corrected chi connectivity index (χ0v) is 8.76. The van der Waals surface area contributed by atoms with Crippen LogP contribution in [0, 0.1) is 0 Å². The van der Waals surface area contributed by atoms with E-state index >= 15 is 0 Å². The highest BCUT2D eigenvalue weighted by Gasteiger charge is 2.46. The molecule has 2 aliphatic rings. The van der Waals surface area contributed by atoms with E-state index in [1.165, 1.54) is 6.42 Å². The van der Waals surface area contributed by atoms with E-state index in [2.05, 4.69) is 4.90 Å². The Morgan fingerprint density at radius 3 is 3.21 bits per heavy atom. The lowest BCUT2D eigenvalue weighted by Crippen LogP contribution is -2.42. The summed E-state index contributed by atoms with van der Waals surface area (Å²) >= 11 is 0. The van der Waals surface area contributed by atoms with E-state index in [1.54, 1.807) is 0 Å². The lowest BCUT2D eigenvalue weighted by atomic mass is 9.94. The molecule has 14 heavy (non-hydrogen) atoms. The van der Waals surface area contributed by atoms with Gasteiger partial charge in [-0.15, -0.1) is 0 Å². The summed E-state index contributed by atoms with van der Waals surface area (Å²) in [5.41, 5.74) is 1.07. The Hall–Kier alpha value is -0.410. The van der Waals surface area contributed by atoms with E-state index in [1.807, 2.05) is 6.92 Å². The molecule has 1 atom stereocenters. The van der Waals surface area contributed by atoms with Crippen LogP contribution in [0.5, 0.6) is 0 Å². The zero-order chi connectivity index (χ0) is 10.0. The molecule has 0 spiro atoms. The molecular weight excluding hydrogens is 181 g/mol. The lowest BCUT2D eigenvalue weighted by Gasteiger charge is -2.30. The van der Waals surface area contributed by atoms with Gasteiger partial charge in [0, 0.05) is 18.7 Å². The Labute approximate surface area is 84.7 Å². The van der Waals surface area contributed by atoms with E-state index in [0.29, 0.717) is 0 Å². The molecule has 0 unspecified atom stereocenters. The van der Waals surface area contributed by atoms with Crippen LogP contribution in [0.4, 0.5) is 4.39 Å². The fraction of sp³-hybridized carbons (Fsp3) is 0.818. The Balaban J connectivity index is 2.06. The van der Waals surface area contributed by atoms with Crippen molar-refractivity contribution >= 4 is 0 Å². The molecule has 0 aromatic carbocycles. The second-order valence-corrected chi connectivity index (χ2v) is 4.33. The molecule has 2 aliphatic heterocycles. The van der Waals surface area contributed by atoms with E-state index in [0.717, 1.165) is 51.0 Å². The Morgan fingerprint density at radius 2 is 2.50 bits per heavy atom. The van der Waals surface area contributed by atoms with Crippen molar-refractivity contribution in [3.05, 3.63) is 11.9 Å². The largest absolute Gasteiger partial charge is 0.380 e. The minimum absolute atomic E-state index is 0.133. The van der Waals surface area contributed by atoms with Crippen molar-refractivity contribution in [1.82, 2.24) is 4.90 Å². The van der Waals surface area contributed by atoms with Gasteiger partial charge in [-0.05, 0) is 38.3 Å². The van der Waals surface area contributed by atoms with Crippen LogP contribution >= 0.6 is 0 Å². The van der Waals surface area contributed by atoms with Gasteiger partial charge in [0.2, 0.25) is 0 Å². The summed E-state index contributed by atoms with van der Waals surface area (Å²) in [7, 11) is 0. The van der Waals surface area contributed by atoms with Crippen LogP contribution in [0.1, 0.15) is 26.2 Å². The molecule has 0 amide bonds. The summed E-state index contributed by atoms with van der Waals surface area (Å²) in [4.78, 5) is 2.38. The van der Waals surface area contributed by atoms with Gasteiger partial charge in [-0.3, -0.25) is 4.90 Å². The van der Waals surface area contributed by atoms with Gasteiger partial charge in [-0.2, -0.15) is 0 Å². The van der Waals surface area contributed by atoms with Gasteiger partial charge < -0.3 is 4.74 Å². The van der Waals surface area contributed by atoms with Crippen molar-refractivity contribution in [3.63, 3.8) is 0 Å². The standard InChI is InChI=1S/C11H18FNO/c1-2-14-9-11-4-3-5-13(11)8-10(6-11)7-12/h7H,2-6,8-9H2,1H3/b10-7+/t11-/m1/s1. The molecule has 2 rings (SSSR count). The molecule has 0 radical (unpaired) electrons. The Morgan fingerprint density at radius 1 is 1.64 bits per heavy atom. The summed E-state index contributed by atoms with van der Waals surface area (Å²) < 4.78 is 18.0. The summed E-state index contributed by atoms with van der Waals surface area (Å²) in [6.45, 7) is 5.44. The van der Waals surface area contributed by atoms with Crippen LogP contribution in [-0.2, 0) is 4.74 Å². The number of ether oxygens (including phenoxy) is 1. The van der Waals surface area contributed by atoms with Gasteiger partial charge >= 0.3 is 0 Å². The molecule has 0 aliphatic carbocycles. The van der Waals surface area contributed by atoms with Crippen LogP contribution in [0.15, 0.2) is 11.9 Å². The third-order valence-corrected chi connectivity index (χ3v) is 3.42. The summed E-state index contributed by atoms with van der Waals surface area (Å²) in [6, 6.07) is 0. The maximum atomic E-state index is 12.5. The average Bonchev–Trinajstić information content (AvgIpc) is 2.70. The lowest BCUT2D eigenvalue weighted by molar-refractivity contribution is 0.0418. The number of hydrogen-bond donors (Lipinski definition) is 0. The van der Waals surface area contributed by atoms with Gasteiger partial charge in [0.15, 0.2) is 0 Å². The van der Waals surface area contributed by atoms with Crippen LogP contribution in [0.2, 0.25) is 0 Å². The fourth-order valence-electron chi connectivity index (χ4n) is 2.74. The van der Waals surface area contributed by atoms with Crippen molar-refractivity contribution in [3.8, 4) is 0 Å². The van der Waals surface area contributed by atoms with Crippen molar-refractivity contribution in [2.24, 2.45) is 0 Å². The highest BCUT2D eigenvalue weighted by Crippen LogP contribution is 2.41. The molecule has 0 aromatic heterocycles. The molecule has 0 bridgehead atoms. The molecule has 2 nitrogen and oxygen atoms in total. The zero-order valence-electron chi connectivity index (χ0n) is 8.76. The van der Waals surface area contributed by atoms with Gasteiger partial charge in [0.25, 0.3) is 0 Å². The van der Waals surface area contributed by atoms with Crippen LogP contribution in [0.25, 0.3) is 0 Å². The first-order chi connectivity index (χ1) is 6.80.